The van der Waals surface area contributed by atoms with Gasteiger partial charge in [0.15, 0.2) is 6.29 Å². The molecule has 1 heterocycles. The highest BCUT2D eigenvalue weighted by atomic mass is 16.7. The summed E-state index contributed by atoms with van der Waals surface area (Å²) in [6.07, 6.45) is 23.1. The van der Waals surface area contributed by atoms with E-state index in [4.69, 9.17) is 9.47 Å². The van der Waals surface area contributed by atoms with Crippen molar-refractivity contribution in [3.05, 3.63) is 0 Å². The van der Waals surface area contributed by atoms with E-state index in [0.29, 0.717) is 12.8 Å². The van der Waals surface area contributed by atoms with Gasteiger partial charge in [-0.25, -0.2) is 0 Å². The first-order valence-electron chi connectivity index (χ1n) is 23.3. The van der Waals surface area contributed by atoms with E-state index < -0.39 is 67.2 Å². The van der Waals surface area contributed by atoms with Gasteiger partial charge in [-0.05, 0) is 26.2 Å². The molecule has 1 fully saturated rings. The Kier molecular flexibility index (Phi) is 31.8. The van der Waals surface area contributed by atoms with Crippen LogP contribution in [0.2, 0.25) is 0 Å². The Labute approximate surface area is 350 Å². The summed E-state index contributed by atoms with van der Waals surface area (Å²) in [7, 11) is 1.38. The number of hydrogen-bond acceptors (Lipinski definition) is 9. The summed E-state index contributed by atoms with van der Waals surface area (Å²) in [6.45, 7) is 5.51. The van der Waals surface area contributed by atoms with E-state index in [1.54, 1.807) is 0 Å². The minimum Gasteiger partial charge on any atom is -0.481 e. The Morgan fingerprint density at radius 3 is 1.38 bits per heavy atom. The zero-order valence-electron chi connectivity index (χ0n) is 36.9. The van der Waals surface area contributed by atoms with Crippen molar-refractivity contribution in [1.82, 2.24) is 16.0 Å². The summed E-state index contributed by atoms with van der Waals surface area (Å²) < 4.78 is 11.3. The van der Waals surface area contributed by atoms with Gasteiger partial charge >= 0.3 is 5.97 Å². The quantitative estimate of drug-likeness (QED) is 0.0314. The van der Waals surface area contributed by atoms with Crippen LogP contribution in [0.5, 0.6) is 0 Å². The van der Waals surface area contributed by atoms with E-state index in [1.807, 2.05) is 0 Å². The largest absolute Gasteiger partial charge is 0.481 e. The highest BCUT2D eigenvalue weighted by Crippen LogP contribution is 2.23. The van der Waals surface area contributed by atoms with Gasteiger partial charge in [0.05, 0.1) is 12.7 Å². The second-order valence-electron chi connectivity index (χ2n) is 16.7. The first-order valence-corrected chi connectivity index (χ1v) is 23.3. The molecular weight excluding hydrogens is 743 g/mol. The Bertz CT molecular complexity index is 1050. The number of amides is 3. The molecule has 0 aromatic heterocycles. The van der Waals surface area contributed by atoms with Gasteiger partial charge in [-0.15, -0.1) is 0 Å². The standard InChI is InChI=1S/C45H85N3O10/c1-5-7-9-11-13-15-17-19-21-23-25-27-29-35(30-28-26-24-22-20-18-16-14-12-10-8-6-2)42(54)48-37(33-57-45-41(53)40(52)39(51)34(3)58-45)44(56)47-36(43(55)46-4)31-32-38(49)50/h34-37,39-41,45,51-53H,5-33H2,1-4H3,(H,46,55)(H,47,56)(H,48,54)(H,49,50)/t34?,36-,37+,39-,40+,41?,45-/m1/s1. The van der Waals surface area contributed by atoms with Crippen LogP contribution in [-0.2, 0) is 28.7 Å². The molecule has 0 saturated carbocycles. The molecule has 1 aliphatic heterocycles. The molecule has 58 heavy (non-hydrogen) atoms. The van der Waals surface area contributed by atoms with Crippen molar-refractivity contribution < 1.29 is 49.1 Å². The first-order chi connectivity index (χ1) is 28.0. The Morgan fingerprint density at radius 2 is 0.966 bits per heavy atom. The number of carbonyl (C=O) groups excluding carboxylic acids is 3. The third kappa shape index (κ3) is 24.7. The van der Waals surface area contributed by atoms with Gasteiger partial charge in [-0.2, -0.15) is 0 Å². The van der Waals surface area contributed by atoms with Crippen LogP contribution in [0.3, 0.4) is 0 Å². The molecule has 13 nitrogen and oxygen atoms in total. The van der Waals surface area contributed by atoms with Crippen LogP contribution in [-0.4, -0.2) is 101 Å². The molecule has 340 valence electrons. The average Bonchev–Trinajstić information content (AvgIpc) is 3.21. The number of aliphatic hydroxyl groups is 3. The number of aliphatic hydroxyl groups excluding tert-OH is 3. The summed E-state index contributed by atoms with van der Waals surface area (Å²) in [5.41, 5.74) is 0. The van der Waals surface area contributed by atoms with E-state index in [0.717, 1.165) is 38.5 Å². The molecule has 1 aliphatic rings. The minimum absolute atomic E-state index is 0.172. The number of hydrogen-bond donors (Lipinski definition) is 7. The minimum atomic E-state index is -1.62. The Hall–Kier alpha value is -2.32. The molecular formula is C45H85N3O10. The maximum absolute atomic E-state index is 14.0. The van der Waals surface area contributed by atoms with Crippen LogP contribution in [0.15, 0.2) is 0 Å². The van der Waals surface area contributed by atoms with E-state index in [2.05, 4.69) is 29.8 Å². The van der Waals surface area contributed by atoms with Crippen LogP contribution < -0.4 is 16.0 Å². The Balaban J connectivity index is 2.93. The molecule has 0 aliphatic carbocycles. The molecule has 0 radical (unpaired) electrons. The van der Waals surface area contributed by atoms with Crippen molar-refractivity contribution in [2.45, 2.75) is 243 Å². The lowest BCUT2D eigenvalue weighted by atomic mass is 9.92. The molecule has 0 aromatic carbocycles. The van der Waals surface area contributed by atoms with Gasteiger partial charge in [0.1, 0.15) is 30.4 Å². The number of carboxylic acid groups (broad SMARTS) is 1. The molecule has 7 atom stereocenters. The molecule has 1 saturated heterocycles. The number of likely N-dealkylation sites (N-methyl/N-ethyl adjacent to an activating group) is 1. The number of unbranched alkanes of at least 4 members (excludes halogenated alkanes) is 22. The number of nitrogens with one attached hydrogen (secondary N) is 3. The number of carbonyl (C=O) groups is 4. The SMILES string of the molecule is CCCCCCCCCCCCCCC(CCCCCCCCCCCCCC)C(=O)N[C@@H](CO[C@@H]1OC(C)[C@@H](O)[C@H](O)C1O)C(=O)N[C@H](CCC(=O)O)C(=O)NC. The highest BCUT2D eigenvalue weighted by Gasteiger charge is 2.43. The topological polar surface area (TPSA) is 204 Å². The van der Waals surface area contributed by atoms with Gasteiger partial charge in [0, 0.05) is 19.4 Å². The number of carboxylic acids is 1. The molecule has 0 bridgehead atoms. The van der Waals surface area contributed by atoms with Gasteiger partial charge < -0.3 is 45.9 Å². The van der Waals surface area contributed by atoms with E-state index in [-0.39, 0.29) is 24.7 Å². The third-order valence-corrected chi connectivity index (χ3v) is 11.6. The van der Waals surface area contributed by atoms with Crippen LogP contribution in [0.1, 0.15) is 201 Å². The maximum Gasteiger partial charge on any atom is 0.303 e. The van der Waals surface area contributed by atoms with E-state index in [1.165, 1.54) is 130 Å². The monoisotopic (exact) mass is 828 g/mol. The summed E-state index contributed by atoms with van der Waals surface area (Å²) >= 11 is 0. The second kappa shape index (κ2) is 34.4. The third-order valence-electron chi connectivity index (χ3n) is 11.6. The number of aliphatic carboxylic acids is 1. The van der Waals surface area contributed by atoms with Crippen molar-refractivity contribution >= 4 is 23.7 Å². The van der Waals surface area contributed by atoms with Gasteiger partial charge in [0.2, 0.25) is 17.7 Å². The number of ether oxygens (including phenoxy) is 2. The predicted molar refractivity (Wildman–Crippen MR) is 228 cm³/mol. The van der Waals surface area contributed by atoms with E-state index >= 15 is 0 Å². The smallest absolute Gasteiger partial charge is 0.303 e. The van der Waals surface area contributed by atoms with Gasteiger partial charge in [-0.3, -0.25) is 19.2 Å². The van der Waals surface area contributed by atoms with Gasteiger partial charge in [0.25, 0.3) is 0 Å². The molecule has 13 heteroatoms. The Morgan fingerprint density at radius 1 is 0.552 bits per heavy atom. The van der Waals surface area contributed by atoms with Crippen molar-refractivity contribution in [1.29, 1.82) is 0 Å². The normalized spacial score (nSPS) is 20.4. The van der Waals surface area contributed by atoms with Crippen molar-refractivity contribution in [2.75, 3.05) is 13.7 Å². The van der Waals surface area contributed by atoms with Gasteiger partial charge in [-0.1, -0.05) is 168 Å². The zero-order chi connectivity index (χ0) is 43.0. The van der Waals surface area contributed by atoms with Crippen LogP contribution >= 0.6 is 0 Å². The molecule has 3 amide bonds. The molecule has 0 aromatic rings. The predicted octanol–water partition coefficient (Wildman–Crippen LogP) is 7.21. The summed E-state index contributed by atoms with van der Waals surface area (Å²) in [5.74, 6) is -3.15. The summed E-state index contributed by atoms with van der Waals surface area (Å²) in [5, 5.41) is 48.1. The fourth-order valence-electron chi connectivity index (χ4n) is 7.67. The van der Waals surface area contributed by atoms with Crippen LogP contribution in [0.4, 0.5) is 0 Å². The maximum atomic E-state index is 14.0. The molecule has 2 unspecified atom stereocenters. The molecule has 0 spiro atoms. The van der Waals surface area contributed by atoms with Crippen molar-refractivity contribution in [3.63, 3.8) is 0 Å². The van der Waals surface area contributed by atoms with Crippen LogP contribution in [0, 0.1) is 5.92 Å². The van der Waals surface area contributed by atoms with E-state index in [9.17, 15) is 39.6 Å². The fraction of sp³-hybridized carbons (Fsp3) is 0.911. The lowest BCUT2D eigenvalue weighted by Gasteiger charge is -2.39. The number of rotatable bonds is 37. The first kappa shape index (κ1) is 53.7. The fourth-order valence-corrected chi connectivity index (χ4v) is 7.67. The van der Waals surface area contributed by atoms with Crippen LogP contribution in [0.25, 0.3) is 0 Å². The lowest BCUT2D eigenvalue weighted by molar-refractivity contribution is -0.293. The van der Waals surface area contributed by atoms with Crippen molar-refractivity contribution in [2.24, 2.45) is 5.92 Å². The highest BCUT2D eigenvalue weighted by molar-refractivity contribution is 5.92. The molecule has 1 rings (SSSR count). The summed E-state index contributed by atoms with van der Waals surface area (Å²) in [4.78, 5) is 51.7. The van der Waals surface area contributed by atoms with Crippen molar-refractivity contribution in [3.8, 4) is 0 Å². The lowest BCUT2D eigenvalue weighted by Crippen LogP contribution is -2.59. The zero-order valence-corrected chi connectivity index (χ0v) is 36.9. The molecule has 7 N–H and O–H groups in total. The average molecular weight is 828 g/mol. The second-order valence-corrected chi connectivity index (χ2v) is 16.7. The summed E-state index contributed by atoms with van der Waals surface area (Å²) in [6, 6.07) is -2.51.